The topological polar surface area (TPSA) is 88.4 Å². The number of nitrogens with zero attached hydrogens (tertiary/aromatic N) is 2. The largest absolute Gasteiger partial charge is 0.494 e. The van der Waals surface area contributed by atoms with E-state index in [0.717, 1.165) is 5.56 Å². The molecule has 1 atom stereocenters. The van der Waals surface area contributed by atoms with E-state index < -0.39 is 12.0 Å². The zero-order valence-corrected chi connectivity index (χ0v) is 23.6. The molecule has 0 fully saturated rings. The van der Waals surface area contributed by atoms with Gasteiger partial charge in [0.25, 0.3) is 5.56 Å². The number of carbonyl (C=O) groups is 1. The van der Waals surface area contributed by atoms with Gasteiger partial charge in [-0.3, -0.25) is 9.36 Å². The fraction of sp³-hybridized carbons (Fsp3) is 0.296. The summed E-state index contributed by atoms with van der Waals surface area (Å²) in [7, 11) is 3.11. The lowest BCUT2D eigenvalue weighted by atomic mass is 9.95. The first-order chi connectivity index (χ1) is 17.8. The molecule has 3 aromatic rings. The minimum Gasteiger partial charge on any atom is -0.494 e. The van der Waals surface area contributed by atoms with Crippen LogP contribution in [0.2, 0.25) is 0 Å². The van der Waals surface area contributed by atoms with Crippen LogP contribution in [0.15, 0.2) is 61.9 Å². The smallest absolute Gasteiger partial charge is 0.338 e. The summed E-state index contributed by atoms with van der Waals surface area (Å²) in [5.41, 5.74) is 1.95. The predicted octanol–water partition coefficient (Wildman–Crippen LogP) is 3.98. The molecule has 1 aliphatic heterocycles. The molecule has 1 aromatic heterocycles. The highest BCUT2D eigenvalue weighted by Gasteiger charge is 2.35. The fourth-order valence-corrected chi connectivity index (χ4v) is 5.92. The lowest BCUT2D eigenvalue weighted by Gasteiger charge is -2.26. The molecule has 2 aromatic carbocycles. The first-order valence-electron chi connectivity index (χ1n) is 11.7. The van der Waals surface area contributed by atoms with Gasteiger partial charge >= 0.3 is 5.97 Å². The second-order valence-electron chi connectivity index (χ2n) is 8.01. The monoisotopic (exact) mass is 586 g/mol. The van der Waals surface area contributed by atoms with Gasteiger partial charge in [0, 0.05) is 5.56 Å². The maximum atomic E-state index is 13.9. The first kappa shape index (κ1) is 26.7. The molecule has 37 heavy (non-hydrogen) atoms. The van der Waals surface area contributed by atoms with Crippen molar-refractivity contribution in [3.8, 4) is 17.2 Å². The number of thiazole rings is 1. The Morgan fingerprint density at radius 2 is 1.89 bits per heavy atom. The van der Waals surface area contributed by atoms with E-state index >= 15 is 0 Å². The number of ether oxygens (including phenoxy) is 4. The fourth-order valence-electron chi connectivity index (χ4n) is 4.25. The van der Waals surface area contributed by atoms with Crippen molar-refractivity contribution in [1.29, 1.82) is 0 Å². The van der Waals surface area contributed by atoms with Crippen LogP contribution >= 0.6 is 27.3 Å². The summed E-state index contributed by atoms with van der Waals surface area (Å²) in [5.74, 6) is 1.16. The molecule has 1 aliphatic rings. The third-order valence-corrected chi connectivity index (χ3v) is 7.36. The average molecular weight is 587 g/mol. The summed E-state index contributed by atoms with van der Waals surface area (Å²) in [6, 6.07) is 10.3. The van der Waals surface area contributed by atoms with Gasteiger partial charge in [0.2, 0.25) is 0 Å². The standard InChI is InChI=1S/C27H27BrN2O6S/c1-6-35-19-11-9-8-10-17(19)23-22(26(32)36-7-2)15(3)29-27-30(23)25(31)21(37-27)14-16-12-18(28)24(34-5)20(13-16)33-4/h8-14,23H,6-7H2,1-5H3/b21-14-/t23-/m0/s1. The Kier molecular flexibility index (Phi) is 8.19. The molecule has 2 heterocycles. The van der Waals surface area contributed by atoms with Gasteiger partial charge in [0.15, 0.2) is 16.3 Å². The highest BCUT2D eigenvalue weighted by Crippen LogP contribution is 2.37. The van der Waals surface area contributed by atoms with Gasteiger partial charge in [-0.15, -0.1) is 0 Å². The minimum atomic E-state index is -0.752. The van der Waals surface area contributed by atoms with Crippen LogP contribution in [0.4, 0.5) is 0 Å². The maximum absolute atomic E-state index is 13.9. The molecule has 0 spiro atoms. The van der Waals surface area contributed by atoms with E-state index in [1.807, 2.05) is 37.3 Å². The maximum Gasteiger partial charge on any atom is 0.338 e. The normalized spacial score (nSPS) is 15.2. The number of carbonyl (C=O) groups excluding carboxylic acids is 1. The molecule has 8 nitrogen and oxygen atoms in total. The summed E-state index contributed by atoms with van der Waals surface area (Å²) >= 11 is 4.75. The molecule has 0 unspecified atom stereocenters. The van der Waals surface area contributed by atoms with E-state index in [1.54, 1.807) is 44.8 Å². The van der Waals surface area contributed by atoms with Crippen molar-refractivity contribution in [2.75, 3.05) is 27.4 Å². The Balaban J connectivity index is 1.97. The predicted molar refractivity (Wildman–Crippen MR) is 145 cm³/mol. The van der Waals surface area contributed by atoms with Crippen molar-refractivity contribution in [2.24, 2.45) is 4.99 Å². The molecule has 0 saturated carbocycles. The summed E-state index contributed by atoms with van der Waals surface area (Å²) in [6.45, 7) is 6.02. The summed E-state index contributed by atoms with van der Waals surface area (Å²) < 4.78 is 24.8. The van der Waals surface area contributed by atoms with Crippen LogP contribution in [0.1, 0.15) is 37.9 Å². The van der Waals surface area contributed by atoms with Gasteiger partial charge in [0.05, 0.1) is 47.7 Å². The highest BCUT2D eigenvalue weighted by atomic mass is 79.9. The van der Waals surface area contributed by atoms with Crippen molar-refractivity contribution in [3.63, 3.8) is 0 Å². The number of esters is 1. The van der Waals surface area contributed by atoms with E-state index in [4.69, 9.17) is 18.9 Å². The van der Waals surface area contributed by atoms with Crippen LogP contribution in [-0.2, 0) is 9.53 Å². The molecule has 0 radical (unpaired) electrons. The molecule has 0 bridgehead atoms. The van der Waals surface area contributed by atoms with E-state index in [1.165, 1.54) is 11.3 Å². The number of hydrogen-bond acceptors (Lipinski definition) is 8. The summed E-state index contributed by atoms with van der Waals surface area (Å²) in [5, 5.41) is 0. The summed E-state index contributed by atoms with van der Waals surface area (Å²) in [4.78, 5) is 32.1. The molecule has 194 valence electrons. The zero-order valence-electron chi connectivity index (χ0n) is 21.2. The molecular weight excluding hydrogens is 560 g/mol. The zero-order chi connectivity index (χ0) is 26.7. The number of allylic oxidation sites excluding steroid dienone is 1. The lowest BCUT2D eigenvalue weighted by molar-refractivity contribution is -0.139. The van der Waals surface area contributed by atoms with Gasteiger partial charge in [-0.2, -0.15) is 0 Å². The van der Waals surface area contributed by atoms with Crippen molar-refractivity contribution < 1.29 is 23.7 Å². The number of halogens is 1. The number of methoxy groups -OCH3 is 2. The minimum absolute atomic E-state index is 0.202. The number of fused-ring (bicyclic) bond motifs is 1. The third-order valence-electron chi connectivity index (χ3n) is 5.78. The quantitative estimate of drug-likeness (QED) is 0.371. The molecule has 0 saturated heterocycles. The van der Waals surface area contributed by atoms with E-state index in [2.05, 4.69) is 20.9 Å². The van der Waals surface area contributed by atoms with Gasteiger partial charge < -0.3 is 18.9 Å². The Hall–Kier alpha value is -3.37. The Morgan fingerprint density at radius 1 is 1.14 bits per heavy atom. The van der Waals surface area contributed by atoms with Crippen LogP contribution in [-0.4, -0.2) is 38.0 Å². The van der Waals surface area contributed by atoms with Crippen LogP contribution in [0.5, 0.6) is 17.2 Å². The molecule has 0 N–H and O–H groups in total. The SMILES string of the molecule is CCOC(=O)C1=C(C)N=c2s/c(=C\c3cc(Br)c(OC)c(OC)c3)c(=O)n2[C@H]1c1ccccc1OCC. The van der Waals surface area contributed by atoms with E-state index in [0.29, 0.717) is 54.5 Å². The summed E-state index contributed by atoms with van der Waals surface area (Å²) in [6.07, 6.45) is 1.77. The van der Waals surface area contributed by atoms with Gasteiger partial charge in [-0.25, -0.2) is 9.79 Å². The number of aromatic nitrogens is 1. The number of para-hydroxylation sites is 1. The Bertz CT molecular complexity index is 1560. The van der Waals surface area contributed by atoms with Crippen LogP contribution in [0.25, 0.3) is 6.08 Å². The highest BCUT2D eigenvalue weighted by molar-refractivity contribution is 9.10. The number of benzene rings is 2. The average Bonchev–Trinajstić information content (AvgIpc) is 3.17. The van der Waals surface area contributed by atoms with Crippen LogP contribution in [0.3, 0.4) is 0 Å². The first-order valence-corrected chi connectivity index (χ1v) is 13.3. The third kappa shape index (κ3) is 5.08. The van der Waals surface area contributed by atoms with Crippen LogP contribution in [0, 0.1) is 0 Å². The van der Waals surface area contributed by atoms with Crippen molar-refractivity contribution in [2.45, 2.75) is 26.8 Å². The van der Waals surface area contributed by atoms with Gasteiger partial charge in [0.1, 0.15) is 11.8 Å². The molecular formula is C27H27BrN2O6S. The molecule has 0 amide bonds. The molecule has 10 heteroatoms. The van der Waals surface area contributed by atoms with Crippen molar-refractivity contribution in [1.82, 2.24) is 4.57 Å². The van der Waals surface area contributed by atoms with Crippen LogP contribution < -0.4 is 29.1 Å². The molecule has 4 rings (SSSR count). The van der Waals surface area contributed by atoms with Gasteiger partial charge in [-0.05, 0) is 66.5 Å². The van der Waals surface area contributed by atoms with Gasteiger partial charge in [-0.1, -0.05) is 29.5 Å². The molecule has 0 aliphatic carbocycles. The van der Waals surface area contributed by atoms with E-state index in [-0.39, 0.29) is 12.2 Å². The Labute approximate surface area is 226 Å². The number of rotatable bonds is 8. The van der Waals surface area contributed by atoms with Crippen molar-refractivity contribution >= 4 is 39.3 Å². The Morgan fingerprint density at radius 3 is 2.57 bits per heavy atom. The second-order valence-corrected chi connectivity index (χ2v) is 9.87. The second kappa shape index (κ2) is 11.4. The lowest BCUT2D eigenvalue weighted by Crippen LogP contribution is -2.40. The van der Waals surface area contributed by atoms with E-state index in [9.17, 15) is 9.59 Å². The number of hydrogen-bond donors (Lipinski definition) is 0. The van der Waals surface area contributed by atoms with Crippen molar-refractivity contribution in [3.05, 3.63) is 83.0 Å².